The summed E-state index contributed by atoms with van der Waals surface area (Å²) in [5, 5.41) is 2.85. The van der Waals surface area contributed by atoms with Crippen LogP contribution in [0.1, 0.15) is 26.7 Å². The van der Waals surface area contributed by atoms with E-state index in [1.54, 1.807) is 12.0 Å². The third-order valence-electron chi connectivity index (χ3n) is 4.01. The molecule has 0 spiro atoms. The number of rotatable bonds is 4. The number of methoxy groups -OCH3 is 1. The Kier molecular flexibility index (Phi) is 4.83. The number of benzene rings is 1. The van der Waals surface area contributed by atoms with Gasteiger partial charge in [0.15, 0.2) is 0 Å². The van der Waals surface area contributed by atoms with Crippen LogP contribution in [0.15, 0.2) is 24.3 Å². The fourth-order valence-electron chi connectivity index (χ4n) is 2.44. The molecule has 1 heterocycles. The number of anilines is 1. The van der Waals surface area contributed by atoms with Crippen LogP contribution >= 0.6 is 0 Å². The fourth-order valence-corrected chi connectivity index (χ4v) is 2.44. The molecule has 2 unspecified atom stereocenters. The van der Waals surface area contributed by atoms with Gasteiger partial charge in [-0.05, 0) is 30.2 Å². The molecule has 1 aliphatic heterocycles. The zero-order valence-electron chi connectivity index (χ0n) is 12.8. The second-order valence-corrected chi connectivity index (χ2v) is 5.37. The lowest BCUT2D eigenvalue weighted by atomic mass is 9.98. The highest BCUT2D eigenvalue weighted by Gasteiger charge is 2.33. The van der Waals surface area contributed by atoms with Crippen molar-refractivity contribution in [1.29, 1.82) is 0 Å². The topological polar surface area (TPSA) is 58.6 Å². The molecule has 5 heteroatoms. The minimum absolute atomic E-state index is 0.0413. The summed E-state index contributed by atoms with van der Waals surface area (Å²) in [5.74, 6) is 0.749. The Bertz CT molecular complexity index is 513. The van der Waals surface area contributed by atoms with Crippen LogP contribution in [0.25, 0.3) is 0 Å². The van der Waals surface area contributed by atoms with Crippen LogP contribution in [0.5, 0.6) is 5.75 Å². The predicted octanol–water partition coefficient (Wildman–Crippen LogP) is 1.96. The molecule has 0 saturated carbocycles. The lowest BCUT2D eigenvalue weighted by Gasteiger charge is -2.27. The molecule has 2 atom stereocenters. The van der Waals surface area contributed by atoms with E-state index >= 15 is 0 Å². The Morgan fingerprint density at radius 2 is 2.00 bits per heavy atom. The SMILES string of the molecule is CCC(C)C1NC(=O)CCN(c2ccc(OC)cc2)C1=O. The van der Waals surface area contributed by atoms with Gasteiger partial charge in [0.25, 0.3) is 0 Å². The molecule has 1 aliphatic rings. The van der Waals surface area contributed by atoms with E-state index in [0.29, 0.717) is 13.0 Å². The summed E-state index contributed by atoms with van der Waals surface area (Å²) in [7, 11) is 1.60. The summed E-state index contributed by atoms with van der Waals surface area (Å²) < 4.78 is 5.13. The van der Waals surface area contributed by atoms with Crippen molar-refractivity contribution in [1.82, 2.24) is 5.32 Å². The number of amides is 2. The Labute approximate surface area is 125 Å². The van der Waals surface area contributed by atoms with E-state index in [9.17, 15) is 9.59 Å². The Morgan fingerprint density at radius 3 is 2.57 bits per heavy atom. The first kappa shape index (κ1) is 15.4. The number of carbonyl (C=O) groups is 2. The van der Waals surface area contributed by atoms with Gasteiger partial charge in [0, 0.05) is 18.7 Å². The molecule has 1 aromatic carbocycles. The first-order valence-electron chi connectivity index (χ1n) is 7.31. The second-order valence-electron chi connectivity index (χ2n) is 5.37. The molecule has 0 aromatic heterocycles. The average molecular weight is 290 g/mol. The van der Waals surface area contributed by atoms with E-state index in [0.717, 1.165) is 17.9 Å². The maximum Gasteiger partial charge on any atom is 0.249 e. The van der Waals surface area contributed by atoms with E-state index in [2.05, 4.69) is 5.32 Å². The van der Waals surface area contributed by atoms with Crippen molar-refractivity contribution >= 4 is 17.5 Å². The van der Waals surface area contributed by atoms with E-state index in [1.165, 1.54) is 0 Å². The molecule has 5 nitrogen and oxygen atoms in total. The molecule has 2 amide bonds. The zero-order valence-corrected chi connectivity index (χ0v) is 12.8. The monoisotopic (exact) mass is 290 g/mol. The molecule has 1 aromatic rings. The molecule has 1 fully saturated rings. The van der Waals surface area contributed by atoms with E-state index < -0.39 is 6.04 Å². The van der Waals surface area contributed by atoms with Gasteiger partial charge in [0.2, 0.25) is 11.8 Å². The third-order valence-corrected chi connectivity index (χ3v) is 4.01. The number of ether oxygens (including phenoxy) is 1. The normalized spacial score (nSPS) is 20.7. The van der Waals surface area contributed by atoms with Crippen molar-refractivity contribution in [3.8, 4) is 5.75 Å². The highest BCUT2D eigenvalue weighted by molar-refractivity contribution is 6.01. The van der Waals surface area contributed by atoms with Gasteiger partial charge in [-0.25, -0.2) is 0 Å². The molecule has 0 radical (unpaired) electrons. The second kappa shape index (κ2) is 6.61. The summed E-state index contributed by atoms with van der Waals surface area (Å²) in [5.41, 5.74) is 0.797. The Balaban J connectivity index is 2.27. The number of nitrogens with zero attached hydrogens (tertiary/aromatic N) is 1. The van der Waals surface area contributed by atoms with Crippen LogP contribution in [0.4, 0.5) is 5.69 Å². The van der Waals surface area contributed by atoms with Gasteiger partial charge in [0.05, 0.1) is 7.11 Å². The summed E-state index contributed by atoms with van der Waals surface area (Å²) in [4.78, 5) is 26.2. The minimum atomic E-state index is -0.452. The van der Waals surface area contributed by atoms with Crippen LogP contribution in [-0.4, -0.2) is 31.5 Å². The molecule has 0 aliphatic carbocycles. The molecule has 114 valence electrons. The number of carbonyl (C=O) groups excluding carboxylic acids is 2. The van der Waals surface area contributed by atoms with Gasteiger partial charge in [-0.1, -0.05) is 20.3 Å². The summed E-state index contributed by atoms with van der Waals surface area (Å²) in [6.07, 6.45) is 1.16. The van der Waals surface area contributed by atoms with Crippen molar-refractivity contribution in [2.24, 2.45) is 5.92 Å². The van der Waals surface area contributed by atoms with Gasteiger partial charge in [0.1, 0.15) is 11.8 Å². The highest BCUT2D eigenvalue weighted by Crippen LogP contribution is 2.23. The van der Waals surface area contributed by atoms with Gasteiger partial charge >= 0.3 is 0 Å². The van der Waals surface area contributed by atoms with Crippen molar-refractivity contribution in [3.05, 3.63) is 24.3 Å². The van der Waals surface area contributed by atoms with E-state index in [1.807, 2.05) is 38.1 Å². The first-order chi connectivity index (χ1) is 10.1. The molecular formula is C16H22N2O3. The van der Waals surface area contributed by atoms with Crippen LogP contribution in [0, 0.1) is 5.92 Å². The third kappa shape index (κ3) is 3.35. The number of hydrogen-bond acceptors (Lipinski definition) is 3. The highest BCUT2D eigenvalue weighted by atomic mass is 16.5. The van der Waals surface area contributed by atoms with Crippen LogP contribution < -0.4 is 15.0 Å². The Hall–Kier alpha value is -2.04. The lowest BCUT2D eigenvalue weighted by Crippen LogP contribution is -2.48. The standard InChI is InChI=1S/C16H22N2O3/c1-4-11(2)15-16(20)18(10-9-14(19)17-15)12-5-7-13(21-3)8-6-12/h5-8,11,15H,4,9-10H2,1-3H3,(H,17,19). The van der Waals surface area contributed by atoms with E-state index in [-0.39, 0.29) is 17.7 Å². The zero-order chi connectivity index (χ0) is 15.4. The van der Waals surface area contributed by atoms with Crippen LogP contribution in [0.3, 0.4) is 0 Å². The van der Waals surface area contributed by atoms with Gasteiger partial charge in [-0.3, -0.25) is 9.59 Å². The molecular weight excluding hydrogens is 268 g/mol. The Morgan fingerprint density at radius 1 is 1.33 bits per heavy atom. The smallest absolute Gasteiger partial charge is 0.249 e. The molecule has 21 heavy (non-hydrogen) atoms. The predicted molar refractivity (Wildman–Crippen MR) is 81.3 cm³/mol. The summed E-state index contributed by atoms with van der Waals surface area (Å²) in [6.45, 7) is 4.41. The number of hydrogen-bond donors (Lipinski definition) is 1. The molecule has 1 saturated heterocycles. The van der Waals surface area contributed by atoms with Crippen molar-refractivity contribution in [3.63, 3.8) is 0 Å². The summed E-state index contributed by atoms with van der Waals surface area (Å²) >= 11 is 0. The van der Waals surface area contributed by atoms with Crippen molar-refractivity contribution in [2.45, 2.75) is 32.7 Å². The van der Waals surface area contributed by atoms with Crippen LogP contribution in [0.2, 0.25) is 0 Å². The largest absolute Gasteiger partial charge is 0.497 e. The first-order valence-corrected chi connectivity index (χ1v) is 7.31. The molecule has 1 N–H and O–H groups in total. The van der Waals surface area contributed by atoms with Gasteiger partial charge in [-0.15, -0.1) is 0 Å². The fraction of sp³-hybridized carbons (Fsp3) is 0.500. The van der Waals surface area contributed by atoms with Gasteiger partial charge in [-0.2, -0.15) is 0 Å². The van der Waals surface area contributed by atoms with E-state index in [4.69, 9.17) is 4.74 Å². The number of nitrogens with one attached hydrogen (secondary N) is 1. The van der Waals surface area contributed by atoms with Gasteiger partial charge < -0.3 is 15.0 Å². The van der Waals surface area contributed by atoms with Crippen molar-refractivity contribution < 1.29 is 14.3 Å². The minimum Gasteiger partial charge on any atom is -0.497 e. The lowest BCUT2D eigenvalue weighted by molar-refractivity contribution is -0.126. The summed E-state index contributed by atoms with van der Waals surface area (Å²) in [6, 6.07) is 6.88. The molecule has 0 bridgehead atoms. The maximum absolute atomic E-state index is 12.7. The van der Waals surface area contributed by atoms with Crippen molar-refractivity contribution in [2.75, 3.05) is 18.6 Å². The average Bonchev–Trinajstić information content (AvgIpc) is 2.66. The molecule has 2 rings (SSSR count). The quantitative estimate of drug-likeness (QED) is 0.922. The van der Waals surface area contributed by atoms with Crippen LogP contribution in [-0.2, 0) is 9.59 Å². The maximum atomic E-state index is 12.7.